The Morgan fingerprint density at radius 1 is 1.29 bits per heavy atom. The van der Waals surface area contributed by atoms with E-state index in [9.17, 15) is 17.6 Å². The van der Waals surface area contributed by atoms with Gasteiger partial charge in [-0.2, -0.15) is 13.2 Å². The maximum absolute atomic E-state index is 12.8. The van der Waals surface area contributed by atoms with Crippen LogP contribution in [0.4, 0.5) is 17.6 Å². The maximum atomic E-state index is 12.8. The second-order valence-corrected chi connectivity index (χ2v) is 3.84. The van der Waals surface area contributed by atoms with E-state index in [2.05, 4.69) is 0 Å². The minimum Gasteiger partial charge on any atom is -0.324 e. The summed E-state index contributed by atoms with van der Waals surface area (Å²) in [5, 5.41) is -0.139. The number of halogens is 6. The van der Waals surface area contributed by atoms with Crippen molar-refractivity contribution in [2.24, 2.45) is 5.73 Å². The van der Waals surface area contributed by atoms with Gasteiger partial charge >= 0.3 is 6.18 Å². The van der Waals surface area contributed by atoms with E-state index >= 15 is 0 Å². The van der Waals surface area contributed by atoms with E-state index < -0.39 is 24.5 Å². The van der Waals surface area contributed by atoms with E-state index in [-0.39, 0.29) is 23.9 Å². The van der Waals surface area contributed by atoms with Crippen molar-refractivity contribution in [1.29, 1.82) is 0 Å². The first-order chi connectivity index (χ1) is 7.29. The van der Waals surface area contributed by atoms with Crippen molar-refractivity contribution >= 4 is 24.0 Å². The van der Waals surface area contributed by atoms with Gasteiger partial charge in [-0.15, -0.1) is 12.4 Å². The highest BCUT2D eigenvalue weighted by molar-refractivity contribution is 6.30. The molecule has 0 aliphatic carbocycles. The topological polar surface area (TPSA) is 26.0 Å². The van der Waals surface area contributed by atoms with Gasteiger partial charge in [0.05, 0.1) is 5.02 Å². The van der Waals surface area contributed by atoms with Gasteiger partial charge in [0.25, 0.3) is 0 Å². The average Bonchev–Trinajstić information content (AvgIpc) is 2.17. The van der Waals surface area contributed by atoms with Crippen molar-refractivity contribution < 1.29 is 17.6 Å². The molecule has 0 aliphatic heterocycles. The molecule has 0 heterocycles. The van der Waals surface area contributed by atoms with Crippen LogP contribution >= 0.6 is 24.0 Å². The molecule has 0 aromatic heterocycles. The molecule has 7 heteroatoms. The molecule has 98 valence electrons. The lowest BCUT2D eigenvalue weighted by Gasteiger charge is -2.13. The predicted molar refractivity (Wildman–Crippen MR) is 60.9 cm³/mol. The molecular weight excluding hydrogens is 281 g/mol. The molecule has 0 fully saturated rings. The largest absolute Gasteiger partial charge is 0.389 e. The monoisotopic (exact) mass is 291 g/mol. The molecule has 1 rings (SSSR count). The van der Waals surface area contributed by atoms with Gasteiger partial charge < -0.3 is 5.73 Å². The Labute approximate surface area is 107 Å². The Morgan fingerprint density at radius 2 is 1.88 bits per heavy atom. The van der Waals surface area contributed by atoms with E-state index in [1.807, 2.05) is 0 Å². The van der Waals surface area contributed by atoms with Gasteiger partial charge in [0.2, 0.25) is 0 Å². The van der Waals surface area contributed by atoms with Gasteiger partial charge in [0, 0.05) is 12.5 Å². The van der Waals surface area contributed by atoms with E-state index in [1.54, 1.807) is 0 Å². The fraction of sp³-hybridized carbons (Fsp3) is 0.400. The molecule has 0 unspecified atom stereocenters. The molecule has 0 saturated carbocycles. The van der Waals surface area contributed by atoms with Crippen LogP contribution in [0.3, 0.4) is 0 Å². The molecule has 1 aromatic rings. The fourth-order valence-corrected chi connectivity index (χ4v) is 1.42. The molecule has 0 radical (unpaired) electrons. The van der Waals surface area contributed by atoms with Gasteiger partial charge in [0.15, 0.2) is 0 Å². The third-order valence-electron chi connectivity index (χ3n) is 2.11. The van der Waals surface area contributed by atoms with Crippen molar-refractivity contribution in [1.82, 2.24) is 0 Å². The lowest BCUT2D eigenvalue weighted by molar-refractivity contribution is -0.136. The summed E-state index contributed by atoms with van der Waals surface area (Å²) in [4.78, 5) is 0. The summed E-state index contributed by atoms with van der Waals surface area (Å²) in [6.45, 7) is 0. The summed E-state index contributed by atoms with van der Waals surface area (Å²) in [6.07, 6.45) is -5.45. The second-order valence-electron chi connectivity index (χ2n) is 3.43. The number of hydrogen-bond acceptors (Lipinski definition) is 1. The van der Waals surface area contributed by atoms with E-state index in [4.69, 9.17) is 17.3 Å². The van der Waals surface area contributed by atoms with Crippen LogP contribution < -0.4 is 5.73 Å². The zero-order valence-electron chi connectivity index (χ0n) is 8.60. The van der Waals surface area contributed by atoms with Crippen LogP contribution in [0.25, 0.3) is 0 Å². The van der Waals surface area contributed by atoms with Crippen LogP contribution in [-0.4, -0.2) is 6.18 Å². The first-order valence-corrected chi connectivity index (χ1v) is 4.94. The first kappa shape index (κ1) is 16.5. The van der Waals surface area contributed by atoms with Crippen molar-refractivity contribution in [3.63, 3.8) is 0 Å². The molecule has 0 spiro atoms. The molecule has 0 aliphatic rings. The highest BCUT2D eigenvalue weighted by Gasteiger charge is 2.27. The Morgan fingerprint density at radius 3 is 2.35 bits per heavy atom. The third kappa shape index (κ3) is 5.57. The Bertz CT molecular complexity index is 368. The highest BCUT2D eigenvalue weighted by Crippen LogP contribution is 2.27. The van der Waals surface area contributed by atoms with Crippen molar-refractivity contribution in [3.8, 4) is 0 Å². The summed E-state index contributed by atoms with van der Waals surface area (Å²) in [6, 6.07) is 2.88. The quantitative estimate of drug-likeness (QED) is 0.828. The number of benzene rings is 1. The normalized spacial score (nSPS) is 13.1. The number of rotatable bonds is 3. The molecule has 1 nitrogen and oxygen atoms in total. The zero-order valence-corrected chi connectivity index (χ0v) is 10.2. The minimum atomic E-state index is -4.23. The van der Waals surface area contributed by atoms with Gasteiger partial charge in [-0.1, -0.05) is 17.7 Å². The highest BCUT2D eigenvalue weighted by atomic mass is 35.5. The Balaban J connectivity index is 0.00000256. The third-order valence-corrected chi connectivity index (χ3v) is 2.40. The molecule has 17 heavy (non-hydrogen) atoms. The molecule has 0 bridgehead atoms. The average molecular weight is 292 g/mol. The smallest absolute Gasteiger partial charge is 0.324 e. The Kier molecular flexibility index (Phi) is 6.23. The maximum Gasteiger partial charge on any atom is 0.389 e. The number of hydrogen-bond donors (Lipinski definition) is 1. The zero-order chi connectivity index (χ0) is 12.3. The summed E-state index contributed by atoms with van der Waals surface area (Å²) in [5.41, 5.74) is 5.94. The lowest BCUT2D eigenvalue weighted by Crippen LogP contribution is -2.15. The molecule has 2 N–H and O–H groups in total. The Hall–Kier alpha value is -0.520. The first-order valence-electron chi connectivity index (χ1n) is 4.57. The summed E-state index contributed by atoms with van der Waals surface area (Å²) < 4.78 is 48.6. The van der Waals surface area contributed by atoms with Gasteiger partial charge in [0.1, 0.15) is 5.82 Å². The van der Waals surface area contributed by atoms with Crippen LogP contribution in [0.5, 0.6) is 0 Å². The molecule has 1 atom stereocenters. The number of alkyl halides is 3. The molecular formula is C10H11Cl2F4N. The van der Waals surface area contributed by atoms with Crippen LogP contribution in [0.1, 0.15) is 24.4 Å². The van der Waals surface area contributed by atoms with E-state index in [0.717, 1.165) is 6.07 Å². The molecule has 0 saturated heterocycles. The lowest BCUT2D eigenvalue weighted by atomic mass is 10.0. The van der Waals surface area contributed by atoms with Gasteiger partial charge in [-0.3, -0.25) is 0 Å². The van der Waals surface area contributed by atoms with Gasteiger partial charge in [-0.25, -0.2) is 4.39 Å². The minimum absolute atomic E-state index is 0. The SMILES string of the molecule is Cl.N[C@@H](CCC(F)(F)F)c1ccc(F)c(Cl)c1. The van der Waals surface area contributed by atoms with Crippen LogP contribution in [0.15, 0.2) is 18.2 Å². The second kappa shape index (κ2) is 6.42. The van der Waals surface area contributed by atoms with Gasteiger partial charge in [-0.05, 0) is 24.1 Å². The van der Waals surface area contributed by atoms with E-state index in [1.165, 1.54) is 12.1 Å². The standard InChI is InChI=1S/C10H10ClF4N.ClH/c11-7-5-6(1-2-8(7)12)9(16)3-4-10(13,14)15;/h1-2,5,9H,3-4,16H2;1H/t9-;/m0./s1. The van der Waals surface area contributed by atoms with Crippen LogP contribution in [-0.2, 0) is 0 Å². The van der Waals surface area contributed by atoms with Crippen molar-refractivity contribution in [2.75, 3.05) is 0 Å². The van der Waals surface area contributed by atoms with Crippen LogP contribution in [0.2, 0.25) is 5.02 Å². The summed E-state index contributed by atoms with van der Waals surface area (Å²) in [7, 11) is 0. The summed E-state index contributed by atoms with van der Waals surface area (Å²) >= 11 is 5.50. The van der Waals surface area contributed by atoms with E-state index in [0.29, 0.717) is 5.56 Å². The van der Waals surface area contributed by atoms with Crippen LogP contribution in [0, 0.1) is 5.82 Å². The predicted octanol–water partition coefficient (Wildman–Crippen LogP) is 4.24. The summed E-state index contributed by atoms with van der Waals surface area (Å²) in [5.74, 6) is -0.617. The number of nitrogens with two attached hydrogens (primary N) is 1. The fourth-order valence-electron chi connectivity index (χ4n) is 1.23. The van der Waals surface area contributed by atoms with Crippen molar-refractivity contribution in [3.05, 3.63) is 34.6 Å². The molecule has 1 aromatic carbocycles. The molecule has 0 amide bonds. The van der Waals surface area contributed by atoms with Crippen molar-refractivity contribution in [2.45, 2.75) is 25.1 Å².